The number of anilines is 1. The third kappa shape index (κ3) is 8.49. The molecule has 1 aliphatic carbocycles. The summed E-state index contributed by atoms with van der Waals surface area (Å²) in [5.41, 5.74) is 0.896. The lowest BCUT2D eigenvalue weighted by Gasteiger charge is -2.27. The third-order valence-corrected chi connectivity index (χ3v) is 7.00. The zero-order valence-electron chi connectivity index (χ0n) is 22.3. The third-order valence-electron chi connectivity index (χ3n) is 7.00. The zero-order valence-corrected chi connectivity index (χ0v) is 22.3. The molecule has 0 aliphatic heterocycles. The zero-order chi connectivity index (χ0) is 28.5. The van der Waals surface area contributed by atoms with Crippen molar-refractivity contribution in [3.8, 4) is 5.75 Å². The average Bonchev–Trinajstić information content (AvgIpc) is 2.93. The Hall–Kier alpha value is -4.01. The summed E-state index contributed by atoms with van der Waals surface area (Å²) in [6, 6.07) is 20.3. The fourth-order valence-corrected chi connectivity index (χ4v) is 4.87. The van der Waals surface area contributed by atoms with Crippen molar-refractivity contribution in [2.75, 3.05) is 11.9 Å². The van der Waals surface area contributed by atoms with Crippen LogP contribution in [-0.2, 0) is 6.18 Å². The predicted octanol–water partition coefficient (Wildman–Crippen LogP) is 7.35. The maximum Gasteiger partial charge on any atom is 0.416 e. The smallest absolute Gasteiger partial charge is 0.416 e. The summed E-state index contributed by atoms with van der Waals surface area (Å²) < 4.78 is 45.4. The number of rotatable bonds is 9. The summed E-state index contributed by atoms with van der Waals surface area (Å²) in [5, 5.41) is 8.68. The molecule has 40 heavy (non-hydrogen) atoms. The Morgan fingerprint density at radius 3 is 2.30 bits per heavy atom. The van der Waals surface area contributed by atoms with Crippen LogP contribution in [0.25, 0.3) is 0 Å². The standard InChI is InChI=1S/C31H34F3N3O3/c1-21-6-5-9-26(20-21)37-30(39)35-19-18-28(22-10-14-24(15-11-22)31(32,33)34)40-27-16-12-23(13-17-27)29(38)36-25-7-3-2-4-8-25/h2-4,7-8,10-17,21,26,28H,5-6,9,18-20H2,1H3,(H,36,38)(H2,35,37,39). The monoisotopic (exact) mass is 553 g/mol. The fraction of sp³-hybridized carbons (Fsp3) is 0.355. The number of halogens is 3. The molecule has 3 aromatic rings. The Labute approximate surface area is 232 Å². The van der Waals surface area contributed by atoms with Crippen LogP contribution >= 0.6 is 0 Å². The molecule has 0 spiro atoms. The van der Waals surface area contributed by atoms with E-state index in [1.165, 1.54) is 18.6 Å². The van der Waals surface area contributed by atoms with Crippen LogP contribution in [0, 0.1) is 5.92 Å². The van der Waals surface area contributed by atoms with Crippen molar-refractivity contribution in [2.45, 2.75) is 57.3 Å². The Morgan fingerprint density at radius 2 is 1.65 bits per heavy atom. The highest BCUT2D eigenvalue weighted by Gasteiger charge is 2.30. The molecule has 3 unspecified atom stereocenters. The number of benzene rings is 3. The fourth-order valence-electron chi connectivity index (χ4n) is 4.87. The molecule has 4 rings (SSSR count). The van der Waals surface area contributed by atoms with E-state index in [1.807, 2.05) is 18.2 Å². The molecule has 0 aromatic heterocycles. The first-order valence-corrected chi connectivity index (χ1v) is 13.5. The van der Waals surface area contributed by atoms with Gasteiger partial charge in [0.25, 0.3) is 5.91 Å². The van der Waals surface area contributed by atoms with Gasteiger partial charge in [-0.3, -0.25) is 4.79 Å². The minimum Gasteiger partial charge on any atom is -0.486 e. The van der Waals surface area contributed by atoms with Crippen molar-refractivity contribution in [3.05, 3.63) is 95.6 Å². The number of carbonyl (C=O) groups excluding carboxylic acids is 2. The van der Waals surface area contributed by atoms with E-state index in [-0.39, 0.29) is 24.5 Å². The lowest BCUT2D eigenvalue weighted by molar-refractivity contribution is -0.137. The van der Waals surface area contributed by atoms with E-state index >= 15 is 0 Å². The van der Waals surface area contributed by atoms with Gasteiger partial charge in [-0.25, -0.2) is 4.79 Å². The highest BCUT2D eigenvalue weighted by Crippen LogP contribution is 2.32. The van der Waals surface area contributed by atoms with Crippen molar-refractivity contribution in [1.82, 2.24) is 10.6 Å². The summed E-state index contributed by atoms with van der Waals surface area (Å²) in [7, 11) is 0. The van der Waals surface area contributed by atoms with Crippen LogP contribution in [0.5, 0.6) is 5.75 Å². The molecule has 0 heterocycles. The quantitative estimate of drug-likeness (QED) is 0.259. The molecule has 0 radical (unpaired) electrons. The van der Waals surface area contributed by atoms with E-state index in [1.54, 1.807) is 36.4 Å². The van der Waals surface area contributed by atoms with Gasteiger partial charge in [0.05, 0.1) is 5.56 Å². The van der Waals surface area contributed by atoms with Crippen LogP contribution < -0.4 is 20.7 Å². The number of nitrogens with one attached hydrogen (secondary N) is 3. The second-order valence-electron chi connectivity index (χ2n) is 10.2. The van der Waals surface area contributed by atoms with Crippen LogP contribution in [0.1, 0.15) is 66.6 Å². The van der Waals surface area contributed by atoms with Crippen molar-refractivity contribution in [3.63, 3.8) is 0 Å². The van der Waals surface area contributed by atoms with Gasteiger partial charge in [0, 0.05) is 30.3 Å². The molecule has 0 bridgehead atoms. The minimum absolute atomic E-state index is 0.142. The maximum atomic E-state index is 13.1. The minimum atomic E-state index is -4.44. The van der Waals surface area contributed by atoms with Gasteiger partial charge in [-0.15, -0.1) is 0 Å². The molecule has 1 saturated carbocycles. The van der Waals surface area contributed by atoms with Crippen molar-refractivity contribution >= 4 is 17.6 Å². The highest BCUT2D eigenvalue weighted by atomic mass is 19.4. The van der Waals surface area contributed by atoms with Gasteiger partial charge >= 0.3 is 12.2 Å². The molecule has 3 aromatic carbocycles. The summed E-state index contributed by atoms with van der Waals surface area (Å²) in [6.45, 7) is 2.44. The molecule has 1 aliphatic rings. The van der Waals surface area contributed by atoms with Gasteiger partial charge in [-0.1, -0.05) is 50.1 Å². The molecular weight excluding hydrogens is 519 g/mol. The van der Waals surface area contributed by atoms with E-state index in [0.717, 1.165) is 31.4 Å². The summed E-state index contributed by atoms with van der Waals surface area (Å²) in [6.07, 6.45) is -0.579. The number of ether oxygens (including phenoxy) is 1. The van der Waals surface area contributed by atoms with Gasteiger partial charge in [0.15, 0.2) is 0 Å². The number of hydrogen-bond acceptors (Lipinski definition) is 3. The molecular formula is C31H34F3N3O3. The summed E-state index contributed by atoms with van der Waals surface area (Å²) in [4.78, 5) is 25.0. The number of para-hydroxylation sites is 1. The molecule has 9 heteroatoms. The van der Waals surface area contributed by atoms with Crippen molar-refractivity contribution in [2.24, 2.45) is 5.92 Å². The summed E-state index contributed by atoms with van der Waals surface area (Å²) >= 11 is 0. The van der Waals surface area contributed by atoms with E-state index in [9.17, 15) is 22.8 Å². The molecule has 212 valence electrons. The Bertz CT molecular complexity index is 1250. The highest BCUT2D eigenvalue weighted by molar-refractivity contribution is 6.04. The van der Waals surface area contributed by atoms with Crippen molar-refractivity contribution < 1.29 is 27.5 Å². The Balaban J connectivity index is 1.40. The van der Waals surface area contributed by atoms with Crippen molar-refractivity contribution in [1.29, 1.82) is 0 Å². The molecule has 3 atom stereocenters. The number of alkyl halides is 3. The van der Waals surface area contributed by atoms with E-state index in [0.29, 0.717) is 34.9 Å². The molecule has 1 fully saturated rings. The number of carbonyl (C=O) groups is 2. The first-order chi connectivity index (χ1) is 19.2. The van der Waals surface area contributed by atoms with E-state index in [2.05, 4.69) is 22.9 Å². The Morgan fingerprint density at radius 1 is 0.950 bits per heavy atom. The lowest BCUT2D eigenvalue weighted by Crippen LogP contribution is -2.44. The number of amides is 3. The molecule has 3 amide bonds. The van der Waals surface area contributed by atoms with Crippen LogP contribution in [0.3, 0.4) is 0 Å². The first-order valence-electron chi connectivity index (χ1n) is 13.5. The molecule has 6 nitrogen and oxygen atoms in total. The van der Waals surface area contributed by atoms with E-state index in [4.69, 9.17) is 4.74 Å². The number of urea groups is 1. The average molecular weight is 554 g/mol. The van der Waals surface area contributed by atoms with Gasteiger partial charge in [0.1, 0.15) is 11.9 Å². The second-order valence-corrected chi connectivity index (χ2v) is 10.2. The summed E-state index contributed by atoms with van der Waals surface area (Å²) in [5.74, 6) is 0.744. The molecule has 3 N–H and O–H groups in total. The van der Waals surface area contributed by atoms with Gasteiger partial charge in [-0.2, -0.15) is 13.2 Å². The predicted molar refractivity (Wildman–Crippen MR) is 148 cm³/mol. The van der Waals surface area contributed by atoms with Gasteiger partial charge < -0.3 is 20.7 Å². The topological polar surface area (TPSA) is 79.5 Å². The first kappa shape index (κ1) is 29.0. The largest absolute Gasteiger partial charge is 0.486 e. The molecule has 0 saturated heterocycles. The lowest BCUT2D eigenvalue weighted by atomic mass is 9.87. The van der Waals surface area contributed by atoms with Crippen LogP contribution in [0.4, 0.5) is 23.7 Å². The van der Waals surface area contributed by atoms with Crippen LogP contribution in [0.15, 0.2) is 78.9 Å². The van der Waals surface area contributed by atoms with Crippen LogP contribution in [-0.4, -0.2) is 24.5 Å². The normalized spacial score (nSPS) is 17.9. The van der Waals surface area contributed by atoms with Gasteiger partial charge in [0.2, 0.25) is 0 Å². The second kappa shape index (κ2) is 13.4. The van der Waals surface area contributed by atoms with Crippen LogP contribution in [0.2, 0.25) is 0 Å². The van der Waals surface area contributed by atoms with E-state index < -0.39 is 17.8 Å². The SMILES string of the molecule is CC1CCCC(NC(=O)NCCC(Oc2ccc(C(=O)Nc3ccccc3)cc2)c2ccc(C(F)(F)F)cc2)C1. The number of hydrogen-bond donors (Lipinski definition) is 3. The Kier molecular flexibility index (Phi) is 9.69. The van der Waals surface area contributed by atoms with Gasteiger partial charge in [-0.05, 0) is 72.9 Å². The maximum absolute atomic E-state index is 13.1.